The van der Waals surface area contributed by atoms with Crippen LogP contribution in [0.15, 0.2) is 85.1 Å². The lowest BCUT2D eigenvalue weighted by atomic mass is 10.0. The molecular formula is C75H132O17P2. The molecule has 5 unspecified atom stereocenters. The topological polar surface area (TPSA) is 237 Å². The van der Waals surface area contributed by atoms with Gasteiger partial charge in [-0.05, 0) is 109 Å². The summed E-state index contributed by atoms with van der Waals surface area (Å²) in [4.78, 5) is 72.6. The maximum atomic E-state index is 13.0. The number of esters is 4. The minimum absolute atomic E-state index is 0.0735. The number of hydrogen-bond donors (Lipinski definition) is 3. The summed E-state index contributed by atoms with van der Waals surface area (Å²) in [6.45, 7) is 4.61. The summed E-state index contributed by atoms with van der Waals surface area (Å²) in [6.07, 6.45) is 67.3. The average molecular weight is 1370 g/mol. The van der Waals surface area contributed by atoms with Crippen LogP contribution in [0, 0.1) is 0 Å². The number of aliphatic hydroxyl groups excluding tert-OH is 1. The maximum Gasteiger partial charge on any atom is 0.472 e. The minimum atomic E-state index is -4.98. The second-order valence-corrected chi connectivity index (χ2v) is 27.4. The van der Waals surface area contributed by atoms with E-state index in [2.05, 4.69) is 113 Å². The van der Waals surface area contributed by atoms with Crippen LogP contribution in [0.25, 0.3) is 0 Å². The highest BCUT2D eigenvalue weighted by Crippen LogP contribution is 2.45. The van der Waals surface area contributed by atoms with E-state index in [1.165, 1.54) is 70.6 Å². The fourth-order valence-corrected chi connectivity index (χ4v) is 11.3. The van der Waals surface area contributed by atoms with Crippen molar-refractivity contribution in [2.45, 2.75) is 329 Å². The van der Waals surface area contributed by atoms with Gasteiger partial charge in [0.25, 0.3) is 0 Å². The third-order valence-corrected chi connectivity index (χ3v) is 17.2. The highest BCUT2D eigenvalue weighted by atomic mass is 31.2. The second-order valence-electron chi connectivity index (χ2n) is 24.5. The van der Waals surface area contributed by atoms with Crippen molar-refractivity contribution in [3.63, 3.8) is 0 Å². The van der Waals surface area contributed by atoms with Gasteiger partial charge in [0.15, 0.2) is 12.2 Å². The van der Waals surface area contributed by atoms with Crippen LogP contribution in [-0.4, -0.2) is 96.7 Å². The molecule has 19 heteroatoms. The molecular weight excluding hydrogens is 1230 g/mol. The van der Waals surface area contributed by atoms with E-state index in [1.807, 2.05) is 0 Å². The minimum Gasteiger partial charge on any atom is -0.462 e. The molecule has 0 rings (SSSR count). The number of phosphoric ester groups is 2. The number of phosphoric acid groups is 2. The van der Waals surface area contributed by atoms with Gasteiger partial charge in [0.2, 0.25) is 0 Å². The molecule has 0 radical (unpaired) electrons. The number of hydrogen-bond acceptors (Lipinski definition) is 15. The van der Waals surface area contributed by atoms with Gasteiger partial charge >= 0.3 is 39.5 Å². The van der Waals surface area contributed by atoms with Gasteiger partial charge < -0.3 is 33.8 Å². The van der Waals surface area contributed by atoms with Crippen LogP contribution >= 0.6 is 15.6 Å². The van der Waals surface area contributed by atoms with Crippen LogP contribution in [0.5, 0.6) is 0 Å². The number of ether oxygens (including phenoxy) is 4. The molecule has 0 aromatic heterocycles. The maximum absolute atomic E-state index is 13.0. The first-order valence-electron chi connectivity index (χ1n) is 36.8. The van der Waals surface area contributed by atoms with E-state index in [1.54, 1.807) is 0 Å². The molecule has 0 aliphatic carbocycles. The van der Waals surface area contributed by atoms with Crippen molar-refractivity contribution in [3.05, 3.63) is 85.1 Å². The molecule has 0 aliphatic heterocycles. The van der Waals surface area contributed by atoms with Crippen LogP contribution < -0.4 is 0 Å². The van der Waals surface area contributed by atoms with Crippen LogP contribution in [0.3, 0.4) is 0 Å². The van der Waals surface area contributed by atoms with E-state index < -0.39 is 97.5 Å². The summed E-state index contributed by atoms with van der Waals surface area (Å²) in [5.74, 6) is -2.21. The van der Waals surface area contributed by atoms with Gasteiger partial charge in [-0.3, -0.25) is 37.3 Å². The van der Waals surface area contributed by atoms with Gasteiger partial charge in [-0.1, -0.05) is 260 Å². The Morgan fingerprint density at radius 1 is 0.309 bits per heavy atom. The van der Waals surface area contributed by atoms with Crippen molar-refractivity contribution in [2.24, 2.45) is 0 Å². The van der Waals surface area contributed by atoms with Gasteiger partial charge in [0.05, 0.1) is 26.4 Å². The fourth-order valence-electron chi connectivity index (χ4n) is 9.70. The molecule has 0 aromatic carbocycles. The van der Waals surface area contributed by atoms with E-state index in [9.17, 15) is 43.2 Å². The molecule has 0 spiro atoms. The van der Waals surface area contributed by atoms with E-state index >= 15 is 0 Å². The third-order valence-electron chi connectivity index (χ3n) is 15.3. The highest BCUT2D eigenvalue weighted by Gasteiger charge is 2.30. The Morgan fingerprint density at radius 3 is 0.936 bits per heavy atom. The zero-order chi connectivity index (χ0) is 69.0. The normalized spacial score (nSPS) is 14.5. The van der Waals surface area contributed by atoms with Gasteiger partial charge in [-0.15, -0.1) is 0 Å². The molecule has 0 fully saturated rings. The van der Waals surface area contributed by atoms with Gasteiger partial charge in [-0.2, -0.15) is 0 Å². The summed E-state index contributed by atoms with van der Waals surface area (Å²) in [7, 11) is -9.94. The lowest BCUT2D eigenvalue weighted by Gasteiger charge is -2.21. The summed E-state index contributed by atoms with van der Waals surface area (Å²) in [5.41, 5.74) is 0. The lowest BCUT2D eigenvalue weighted by Crippen LogP contribution is -2.30. The van der Waals surface area contributed by atoms with Gasteiger partial charge in [-0.25, -0.2) is 9.13 Å². The number of carbonyl (C=O) groups excluding carboxylic acids is 4. The van der Waals surface area contributed by atoms with Crippen molar-refractivity contribution in [3.8, 4) is 0 Å². The molecule has 3 N–H and O–H groups in total. The van der Waals surface area contributed by atoms with Crippen LogP contribution in [0.2, 0.25) is 0 Å². The van der Waals surface area contributed by atoms with Crippen LogP contribution in [0.1, 0.15) is 310 Å². The molecule has 0 aliphatic rings. The summed E-state index contributed by atoms with van der Waals surface area (Å²) >= 11 is 0. The smallest absolute Gasteiger partial charge is 0.462 e. The standard InChI is InChI=1S/C75H132O17P2/c1-5-9-13-17-21-25-29-32-33-34-35-38-41-44-48-52-56-60-73(78)86-66-71(92-75(80)62-58-54-50-46-42-37-31-27-23-19-15-11-7-3)68-90-94(83,84)88-64-69(76)63-87-93(81,82)89-67-70(91-74(79)61-57-53-49-45-39-28-24-20-16-12-8-4)65-85-72(77)59-55-51-47-43-40-36-30-26-22-18-14-10-6-2/h9,13,15,19-21,24-25,27,31-33,35,38,69-71,76H,5-8,10-12,14,16-18,22-23,26,28-30,34,36-37,39-68H2,1-4H3,(H,81,82)(H,83,84)/b13-9-,19-15-,24-20-,25-21-,31-27-,33-32-,38-35-. The van der Waals surface area contributed by atoms with Crippen LogP contribution in [0.4, 0.5) is 0 Å². The molecule has 0 heterocycles. The Balaban J connectivity index is 5.33. The van der Waals surface area contributed by atoms with E-state index in [0.29, 0.717) is 25.7 Å². The quantitative estimate of drug-likeness (QED) is 0.0169. The summed E-state index contributed by atoms with van der Waals surface area (Å²) in [6, 6.07) is 0. The van der Waals surface area contributed by atoms with Crippen LogP contribution in [-0.2, 0) is 65.4 Å². The first-order chi connectivity index (χ1) is 45.7. The summed E-state index contributed by atoms with van der Waals surface area (Å²) < 4.78 is 68.3. The average Bonchev–Trinajstić information content (AvgIpc) is 2.15. The molecule has 94 heavy (non-hydrogen) atoms. The molecule has 0 bridgehead atoms. The van der Waals surface area contributed by atoms with Crippen molar-refractivity contribution in [1.82, 2.24) is 0 Å². The van der Waals surface area contributed by atoms with E-state index in [-0.39, 0.29) is 25.7 Å². The zero-order valence-electron chi connectivity index (χ0n) is 59.1. The monoisotopic (exact) mass is 1370 g/mol. The fraction of sp³-hybridized carbons (Fsp3) is 0.760. The number of allylic oxidation sites excluding steroid dienone is 14. The molecule has 0 aromatic rings. The number of carbonyl (C=O) groups is 4. The van der Waals surface area contributed by atoms with Crippen molar-refractivity contribution in [2.75, 3.05) is 39.6 Å². The lowest BCUT2D eigenvalue weighted by molar-refractivity contribution is -0.161. The Labute approximate surface area is 570 Å². The van der Waals surface area contributed by atoms with Crippen molar-refractivity contribution >= 4 is 39.5 Å². The first kappa shape index (κ1) is 90.2. The van der Waals surface area contributed by atoms with Gasteiger partial charge in [0.1, 0.15) is 19.3 Å². The van der Waals surface area contributed by atoms with Gasteiger partial charge in [0, 0.05) is 25.7 Å². The Morgan fingerprint density at radius 2 is 0.585 bits per heavy atom. The molecule has 544 valence electrons. The Hall–Kier alpha value is -3.76. The largest absolute Gasteiger partial charge is 0.472 e. The zero-order valence-corrected chi connectivity index (χ0v) is 60.9. The Kier molecular flexibility index (Phi) is 65.1. The molecule has 5 atom stereocenters. The molecule has 0 saturated heterocycles. The van der Waals surface area contributed by atoms with E-state index in [0.717, 1.165) is 161 Å². The number of rotatable bonds is 69. The van der Waals surface area contributed by atoms with Crippen molar-refractivity contribution < 1.29 is 80.2 Å². The molecule has 0 amide bonds. The molecule has 17 nitrogen and oxygen atoms in total. The van der Waals surface area contributed by atoms with E-state index in [4.69, 9.17) is 37.0 Å². The van der Waals surface area contributed by atoms with Crippen molar-refractivity contribution in [1.29, 1.82) is 0 Å². The first-order valence-corrected chi connectivity index (χ1v) is 39.8. The molecule has 0 saturated carbocycles. The second kappa shape index (κ2) is 67.8. The number of unbranched alkanes of at least 4 members (excludes halogenated alkanes) is 29. The Bertz CT molecular complexity index is 2120. The predicted molar refractivity (Wildman–Crippen MR) is 381 cm³/mol. The summed E-state index contributed by atoms with van der Waals surface area (Å²) in [5, 5.41) is 10.6. The SMILES string of the molecule is CC/C=C\C/C=C\C/C=C\C/C=C\CCCCCCC(=O)OCC(COP(=O)(O)OCC(O)COP(=O)(O)OCC(COC(=O)CCCCCCCCCCCCCCC)OC(=O)CCCCCCC/C=C\CCCC)OC(=O)CCCCCCC/C=C\C/C=C\CCC. The highest BCUT2D eigenvalue weighted by molar-refractivity contribution is 7.47. The number of aliphatic hydroxyl groups is 1. The predicted octanol–water partition coefficient (Wildman–Crippen LogP) is 20.7. The third kappa shape index (κ3) is 66.8.